The first kappa shape index (κ1) is 20.2. The molecule has 0 N–H and O–H groups in total. The maximum absolute atomic E-state index is 13.3. The predicted octanol–water partition coefficient (Wildman–Crippen LogP) is 6.16. The van der Waals surface area contributed by atoms with Crippen molar-refractivity contribution in [1.29, 1.82) is 0 Å². The number of hydrogen-bond donors (Lipinski definition) is 0. The zero-order chi connectivity index (χ0) is 20.2. The molecule has 150 valence electrons. The van der Waals surface area contributed by atoms with Gasteiger partial charge in [-0.1, -0.05) is 59.6 Å². The topological polar surface area (TPSA) is 6.48 Å². The minimum absolute atomic E-state index is 0.207. The summed E-state index contributed by atoms with van der Waals surface area (Å²) < 4.78 is 13.3. The van der Waals surface area contributed by atoms with E-state index < -0.39 is 0 Å². The number of halogens is 3. The summed E-state index contributed by atoms with van der Waals surface area (Å²) in [6, 6.07) is 21.0. The zero-order valence-electron chi connectivity index (χ0n) is 16.1. The number of para-hydroxylation sites is 1. The Bertz CT molecular complexity index is 967. The number of rotatable bonds is 5. The Hall–Kier alpha value is -2.07. The van der Waals surface area contributed by atoms with E-state index in [1.807, 2.05) is 36.4 Å². The van der Waals surface area contributed by atoms with Crippen molar-refractivity contribution in [3.05, 3.63) is 88.2 Å². The van der Waals surface area contributed by atoms with E-state index in [4.69, 9.17) is 23.2 Å². The van der Waals surface area contributed by atoms with Gasteiger partial charge in [0.05, 0.1) is 10.0 Å². The van der Waals surface area contributed by atoms with Crippen LogP contribution in [0.4, 0.5) is 10.1 Å². The predicted molar refractivity (Wildman–Crippen MR) is 121 cm³/mol. The third-order valence-corrected chi connectivity index (χ3v) is 6.21. The fourth-order valence-corrected chi connectivity index (χ4v) is 4.14. The van der Waals surface area contributed by atoms with Crippen LogP contribution in [0.2, 0.25) is 10.0 Å². The Morgan fingerprint density at radius 1 is 0.793 bits per heavy atom. The van der Waals surface area contributed by atoms with Crippen molar-refractivity contribution in [3.63, 3.8) is 0 Å². The van der Waals surface area contributed by atoms with Crippen molar-refractivity contribution in [2.24, 2.45) is 0 Å². The molecule has 4 rings (SSSR count). The number of piperazine rings is 1. The Kier molecular flexibility index (Phi) is 6.39. The number of benzene rings is 3. The Balaban J connectivity index is 1.38. The molecule has 5 heteroatoms. The molecule has 3 aromatic rings. The highest BCUT2D eigenvalue weighted by Gasteiger charge is 2.19. The zero-order valence-corrected chi connectivity index (χ0v) is 17.6. The van der Waals surface area contributed by atoms with Crippen molar-refractivity contribution >= 4 is 28.9 Å². The molecular weight excluding hydrogens is 406 g/mol. The minimum Gasteiger partial charge on any atom is -0.368 e. The van der Waals surface area contributed by atoms with Gasteiger partial charge in [-0.25, -0.2) is 4.39 Å². The monoisotopic (exact) mass is 428 g/mol. The standard InChI is InChI=1S/C24H23Cl2FN2/c25-22-10-5-18(17-23(22)26)11-12-28-13-15-29(16-14-28)24-4-2-1-3-21(24)19-6-8-20(27)9-7-19/h1-10,17H,11-16H2. The van der Waals surface area contributed by atoms with Crippen molar-refractivity contribution in [2.45, 2.75) is 6.42 Å². The largest absolute Gasteiger partial charge is 0.368 e. The van der Waals surface area contributed by atoms with Gasteiger partial charge in [0.15, 0.2) is 0 Å². The first-order valence-corrected chi connectivity index (χ1v) is 10.6. The van der Waals surface area contributed by atoms with Crippen LogP contribution in [0.15, 0.2) is 66.7 Å². The third kappa shape index (κ3) is 4.92. The molecule has 0 spiro atoms. The van der Waals surface area contributed by atoms with Gasteiger partial charge in [-0.3, -0.25) is 4.90 Å². The molecule has 1 heterocycles. The lowest BCUT2D eigenvalue weighted by Gasteiger charge is -2.37. The van der Waals surface area contributed by atoms with Gasteiger partial charge in [0.25, 0.3) is 0 Å². The van der Waals surface area contributed by atoms with Gasteiger partial charge in [-0.05, 0) is 47.9 Å². The van der Waals surface area contributed by atoms with E-state index in [9.17, 15) is 4.39 Å². The van der Waals surface area contributed by atoms with Crippen LogP contribution in [0, 0.1) is 5.82 Å². The molecule has 0 bridgehead atoms. The highest BCUT2D eigenvalue weighted by atomic mass is 35.5. The second kappa shape index (κ2) is 9.17. The van der Waals surface area contributed by atoms with Crippen LogP contribution < -0.4 is 4.90 Å². The summed E-state index contributed by atoms with van der Waals surface area (Å²) >= 11 is 12.1. The Morgan fingerprint density at radius 2 is 1.52 bits per heavy atom. The van der Waals surface area contributed by atoms with Gasteiger partial charge < -0.3 is 4.90 Å². The molecule has 0 aliphatic carbocycles. The summed E-state index contributed by atoms with van der Waals surface area (Å²) in [5, 5.41) is 1.22. The molecule has 1 aliphatic rings. The summed E-state index contributed by atoms with van der Waals surface area (Å²) in [7, 11) is 0. The van der Waals surface area contributed by atoms with Crippen molar-refractivity contribution in [1.82, 2.24) is 4.90 Å². The summed E-state index contributed by atoms with van der Waals surface area (Å²) in [5.41, 5.74) is 4.62. The quantitative estimate of drug-likeness (QED) is 0.479. The molecule has 0 amide bonds. The van der Waals surface area contributed by atoms with Crippen LogP contribution in [-0.2, 0) is 6.42 Å². The van der Waals surface area contributed by atoms with Crippen molar-refractivity contribution < 1.29 is 4.39 Å². The van der Waals surface area contributed by atoms with E-state index in [0.29, 0.717) is 10.0 Å². The molecule has 1 saturated heterocycles. The molecule has 1 fully saturated rings. The lowest BCUT2D eigenvalue weighted by atomic mass is 10.0. The summed E-state index contributed by atoms with van der Waals surface area (Å²) in [5.74, 6) is -0.207. The molecule has 0 aromatic heterocycles. The van der Waals surface area contributed by atoms with E-state index in [-0.39, 0.29) is 5.82 Å². The summed E-state index contributed by atoms with van der Waals surface area (Å²) in [6.45, 7) is 4.97. The molecule has 3 aromatic carbocycles. The first-order chi connectivity index (χ1) is 14.1. The van der Waals surface area contributed by atoms with Crippen LogP contribution in [0.5, 0.6) is 0 Å². The number of nitrogens with zero attached hydrogens (tertiary/aromatic N) is 2. The molecule has 0 radical (unpaired) electrons. The second-order valence-electron chi connectivity index (χ2n) is 7.35. The van der Waals surface area contributed by atoms with Gasteiger partial charge in [0.1, 0.15) is 5.82 Å². The SMILES string of the molecule is Fc1ccc(-c2ccccc2N2CCN(CCc3ccc(Cl)c(Cl)c3)CC2)cc1. The van der Waals surface area contributed by atoms with Gasteiger partial charge in [0, 0.05) is 44.0 Å². The van der Waals surface area contributed by atoms with E-state index in [1.54, 1.807) is 0 Å². The van der Waals surface area contributed by atoms with Crippen molar-refractivity contribution in [3.8, 4) is 11.1 Å². The normalized spacial score (nSPS) is 14.9. The molecule has 0 unspecified atom stereocenters. The number of hydrogen-bond acceptors (Lipinski definition) is 2. The van der Waals surface area contributed by atoms with E-state index in [1.165, 1.54) is 23.4 Å². The molecule has 0 atom stereocenters. The van der Waals surface area contributed by atoms with E-state index in [2.05, 4.69) is 28.0 Å². The first-order valence-electron chi connectivity index (χ1n) is 9.86. The lowest BCUT2D eigenvalue weighted by molar-refractivity contribution is 0.261. The van der Waals surface area contributed by atoms with Crippen LogP contribution >= 0.6 is 23.2 Å². The number of anilines is 1. The van der Waals surface area contributed by atoms with Gasteiger partial charge in [-0.15, -0.1) is 0 Å². The highest BCUT2D eigenvalue weighted by molar-refractivity contribution is 6.42. The summed E-state index contributed by atoms with van der Waals surface area (Å²) in [4.78, 5) is 4.91. The molecule has 2 nitrogen and oxygen atoms in total. The van der Waals surface area contributed by atoms with Gasteiger partial charge >= 0.3 is 0 Å². The van der Waals surface area contributed by atoms with Crippen LogP contribution in [0.25, 0.3) is 11.1 Å². The highest BCUT2D eigenvalue weighted by Crippen LogP contribution is 2.31. The maximum atomic E-state index is 13.3. The van der Waals surface area contributed by atoms with Crippen LogP contribution in [0.3, 0.4) is 0 Å². The summed E-state index contributed by atoms with van der Waals surface area (Å²) in [6.07, 6.45) is 0.961. The lowest BCUT2D eigenvalue weighted by Crippen LogP contribution is -2.47. The van der Waals surface area contributed by atoms with Crippen LogP contribution in [-0.4, -0.2) is 37.6 Å². The average Bonchev–Trinajstić information content (AvgIpc) is 2.76. The Labute approximate surface area is 181 Å². The van der Waals surface area contributed by atoms with Crippen molar-refractivity contribution in [2.75, 3.05) is 37.6 Å². The molecule has 0 saturated carbocycles. The molecular formula is C24H23Cl2FN2. The fourth-order valence-electron chi connectivity index (χ4n) is 3.82. The molecule has 1 aliphatic heterocycles. The van der Waals surface area contributed by atoms with E-state index >= 15 is 0 Å². The van der Waals surface area contributed by atoms with Gasteiger partial charge in [-0.2, -0.15) is 0 Å². The third-order valence-electron chi connectivity index (χ3n) is 5.47. The second-order valence-corrected chi connectivity index (χ2v) is 8.17. The van der Waals surface area contributed by atoms with Gasteiger partial charge in [0.2, 0.25) is 0 Å². The maximum Gasteiger partial charge on any atom is 0.123 e. The fraction of sp³-hybridized carbons (Fsp3) is 0.250. The minimum atomic E-state index is -0.207. The molecule has 29 heavy (non-hydrogen) atoms. The van der Waals surface area contributed by atoms with Crippen LogP contribution in [0.1, 0.15) is 5.56 Å². The van der Waals surface area contributed by atoms with E-state index in [0.717, 1.165) is 50.3 Å². The Morgan fingerprint density at radius 3 is 2.24 bits per heavy atom. The smallest absolute Gasteiger partial charge is 0.123 e. The average molecular weight is 429 g/mol.